The third-order valence-corrected chi connectivity index (χ3v) is 5.67. The van der Waals surface area contributed by atoms with Gasteiger partial charge in [0.15, 0.2) is 0 Å². The van der Waals surface area contributed by atoms with E-state index in [1.807, 2.05) is 14.0 Å². The lowest BCUT2D eigenvalue weighted by Gasteiger charge is -2.44. The molecule has 4 nitrogen and oxygen atoms in total. The summed E-state index contributed by atoms with van der Waals surface area (Å²) in [6.07, 6.45) is 10.3. The lowest BCUT2D eigenvalue weighted by Crippen LogP contribution is -2.50. The van der Waals surface area contributed by atoms with Crippen molar-refractivity contribution in [1.82, 2.24) is 10.2 Å². The molecule has 0 spiro atoms. The average molecular weight is 296 g/mol. The van der Waals surface area contributed by atoms with Crippen molar-refractivity contribution in [3.8, 4) is 0 Å². The van der Waals surface area contributed by atoms with Gasteiger partial charge in [0.1, 0.15) is 5.54 Å². The van der Waals surface area contributed by atoms with Crippen molar-refractivity contribution < 1.29 is 9.53 Å². The van der Waals surface area contributed by atoms with Gasteiger partial charge in [-0.1, -0.05) is 12.8 Å². The number of methoxy groups -OCH3 is 1. The van der Waals surface area contributed by atoms with Crippen molar-refractivity contribution in [1.29, 1.82) is 0 Å². The van der Waals surface area contributed by atoms with Crippen LogP contribution in [0.5, 0.6) is 0 Å². The second-order valence-electron chi connectivity index (χ2n) is 6.97. The first-order valence-corrected chi connectivity index (χ1v) is 8.62. The highest BCUT2D eigenvalue weighted by Crippen LogP contribution is 2.35. The predicted molar refractivity (Wildman–Crippen MR) is 85.3 cm³/mol. The van der Waals surface area contributed by atoms with Crippen LogP contribution < -0.4 is 5.32 Å². The first kappa shape index (κ1) is 16.8. The van der Waals surface area contributed by atoms with E-state index < -0.39 is 5.54 Å². The summed E-state index contributed by atoms with van der Waals surface area (Å²) in [4.78, 5) is 14.6. The Labute approximate surface area is 129 Å². The lowest BCUT2D eigenvalue weighted by atomic mass is 9.78. The topological polar surface area (TPSA) is 41.6 Å². The molecule has 2 fully saturated rings. The molecule has 1 aliphatic heterocycles. The number of nitrogens with one attached hydrogen (secondary N) is 1. The molecular formula is C17H32N2O2. The molecule has 0 bridgehead atoms. The number of hydrogen-bond acceptors (Lipinski definition) is 4. The van der Waals surface area contributed by atoms with Gasteiger partial charge in [0.05, 0.1) is 7.11 Å². The van der Waals surface area contributed by atoms with E-state index in [1.54, 1.807) is 0 Å². The first-order valence-electron chi connectivity index (χ1n) is 8.62. The minimum Gasteiger partial charge on any atom is -0.468 e. The molecule has 4 heteroatoms. The van der Waals surface area contributed by atoms with Crippen LogP contribution in [-0.4, -0.2) is 49.7 Å². The molecule has 0 amide bonds. The quantitative estimate of drug-likeness (QED) is 0.765. The smallest absolute Gasteiger partial charge is 0.325 e. The van der Waals surface area contributed by atoms with Crippen LogP contribution in [0.2, 0.25) is 0 Å². The van der Waals surface area contributed by atoms with Gasteiger partial charge in [0, 0.05) is 6.04 Å². The van der Waals surface area contributed by atoms with Crippen molar-refractivity contribution in [2.45, 2.75) is 69.9 Å². The van der Waals surface area contributed by atoms with E-state index >= 15 is 0 Å². The second-order valence-corrected chi connectivity index (χ2v) is 6.97. The number of piperidine rings is 1. The molecule has 3 unspecified atom stereocenters. The van der Waals surface area contributed by atoms with E-state index in [1.165, 1.54) is 52.2 Å². The summed E-state index contributed by atoms with van der Waals surface area (Å²) in [7, 11) is 3.31. The van der Waals surface area contributed by atoms with Crippen LogP contribution >= 0.6 is 0 Å². The van der Waals surface area contributed by atoms with E-state index in [2.05, 4.69) is 10.2 Å². The molecule has 1 saturated carbocycles. The number of carbonyl (C=O) groups excluding carboxylic acids is 1. The van der Waals surface area contributed by atoms with E-state index in [4.69, 9.17) is 4.74 Å². The molecule has 1 heterocycles. The van der Waals surface area contributed by atoms with E-state index in [-0.39, 0.29) is 5.97 Å². The number of nitrogens with zero attached hydrogens (tertiary/aromatic N) is 1. The van der Waals surface area contributed by atoms with Crippen LogP contribution in [0.3, 0.4) is 0 Å². The molecule has 122 valence electrons. The van der Waals surface area contributed by atoms with Crippen LogP contribution in [0.25, 0.3) is 0 Å². The Kier molecular flexibility index (Phi) is 6.06. The third-order valence-electron chi connectivity index (χ3n) is 5.67. The normalized spacial score (nSPS) is 29.5. The minimum atomic E-state index is -0.545. The summed E-state index contributed by atoms with van der Waals surface area (Å²) in [6.45, 7) is 4.31. The van der Waals surface area contributed by atoms with Crippen molar-refractivity contribution in [3.05, 3.63) is 0 Å². The van der Waals surface area contributed by atoms with Crippen molar-refractivity contribution in [2.24, 2.45) is 5.92 Å². The van der Waals surface area contributed by atoms with Crippen molar-refractivity contribution >= 4 is 5.97 Å². The van der Waals surface area contributed by atoms with Gasteiger partial charge in [-0.25, -0.2) is 0 Å². The Morgan fingerprint density at radius 3 is 2.71 bits per heavy atom. The van der Waals surface area contributed by atoms with Crippen molar-refractivity contribution in [2.75, 3.05) is 27.2 Å². The fourth-order valence-corrected chi connectivity index (χ4v) is 4.20. The fraction of sp³-hybridized carbons (Fsp3) is 0.941. The first-order chi connectivity index (χ1) is 10.1. The van der Waals surface area contributed by atoms with Gasteiger partial charge in [-0.2, -0.15) is 0 Å². The SMILES string of the molecule is CNC(C)(CCCN1CCCC2CCCCC21)C(=O)OC. The molecule has 0 aromatic rings. The molecule has 0 aromatic heterocycles. The van der Waals surface area contributed by atoms with Gasteiger partial charge in [0.25, 0.3) is 0 Å². The monoisotopic (exact) mass is 296 g/mol. The summed E-state index contributed by atoms with van der Waals surface area (Å²) < 4.78 is 4.92. The highest BCUT2D eigenvalue weighted by Gasteiger charge is 2.35. The molecule has 0 radical (unpaired) electrons. The number of rotatable bonds is 6. The minimum absolute atomic E-state index is 0.154. The molecule has 1 aliphatic carbocycles. The number of hydrogen-bond donors (Lipinski definition) is 1. The van der Waals surface area contributed by atoms with Gasteiger partial charge in [-0.05, 0) is 71.5 Å². The van der Waals surface area contributed by atoms with Crippen LogP contribution in [0.1, 0.15) is 58.3 Å². The molecule has 1 N–H and O–H groups in total. The Morgan fingerprint density at radius 1 is 1.29 bits per heavy atom. The molecule has 1 saturated heterocycles. The predicted octanol–water partition coefficient (Wildman–Crippen LogP) is 2.57. The zero-order valence-electron chi connectivity index (χ0n) is 14.0. The maximum Gasteiger partial charge on any atom is 0.325 e. The highest BCUT2D eigenvalue weighted by atomic mass is 16.5. The summed E-state index contributed by atoms with van der Waals surface area (Å²) in [5, 5.41) is 3.13. The number of likely N-dealkylation sites (N-methyl/N-ethyl adjacent to an activating group) is 1. The van der Waals surface area contributed by atoms with Gasteiger partial charge in [-0.15, -0.1) is 0 Å². The number of likely N-dealkylation sites (tertiary alicyclic amines) is 1. The number of esters is 1. The Balaban J connectivity index is 1.83. The van der Waals surface area contributed by atoms with E-state index in [9.17, 15) is 4.79 Å². The molecule has 3 atom stereocenters. The molecule has 0 aromatic carbocycles. The van der Waals surface area contributed by atoms with E-state index in [0.717, 1.165) is 31.3 Å². The third kappa shape index (κ3) is 3.98. The maximum absolute atomic E-state index is 11.9. The number of fused-ring (bicyclic) bond motifs is 1. The zero-order chi connectivity index (χ0) is 15.3. The van der Waals surface area contributed by atoms with Gasteiger partial charge in [-0.3, -0.25) is 4.79 Å². The van der Waals surface area contributed by atoms with Crippen LogP contribution in [0.15, 0.2) is 0 Å². The standard InChI is InChI=1S/C17H32N2O2/c1-17(18-2,16(20)21-3)11-7-13-19-12-6-9-14-8-4-5-10-15(14)19/h14-15,18H,4-13H2,1-3H3. The number of ether oxygens (including phenoxy) is 1. The van der Waals surface area contributed by atoms with Gasteiger partial charge >= 0.3 is 5.97 Å². The molecule has 2 rings (SSSR count). The van der Waals surface area contributed by atoms with Crippen LogP contribution in [0, 0.1) is 5.92 Å². The highest BCUT2D eigenvalue weighted by molar-refractivity contribution is 5.80. The second kappa shape index (κ2) is 7.59. The fourth-order valence-electron chi connectivity index (χ4n) is 4.20. The zero-order valence-corrected chi connectivity index (χ0v) is 14.0. The summed E-state index contributed by atoms with van der Waals surface area (Å²) in [5.41, 5.74) is -0.545. The average Bonchev–Trinajstić information content (AvgIpc) is 2.54. The summed E-state index contributed by atoms with van der Waals surface area (Å²) >= 11 is 0. The molecule has 2 aliphatic rings. The van der Waals surface area contributed by atoms with Crippen molar-refractivity contribution in [3.63, 3.8) is 0 Å². The lowest BCUT2D eigenvalue weighted by molar-refractivity contribution is -0.148. The van der Waals surface area contributed by atoms with Gasteiger partial charge in [0.2, 0.25) is 0 Å². The Hall–Kier alpha value is -0.610. The maximum atomic E-state index is 11.9. The largest absolute Gasteiger partial charge is 0.468 e. The molecule has 21 heavy (non-hydrogen) atoms. The van der Waals surface area contributed by atoms with Crippen LogP contribution in [-0.2, 0) is 9.53 Å². The Morgan fingerprint density at radius 2 is 2.00 bits per heavy atom. The van der Waals surface area contributed by atoms with Crippen LogP contribution in [0.4, 0.5) is 0 Å². The summed E-state index contributed by atoms with van der Waals surface area (Å²) in [5.74, 6) is 0.781. The summed E-state index contributed by atoms with van der Waals surface area (Å²) in [6, 6.07) is 0.812. The van der Waals surface area contributed by atoms with E-state index in [0.29, 0.717) is 0 Å². The number of carbonyl (C=O) groups is 1. The molecular weight excluding hydrogens is 264 g/mol. The van der Waals surface area contributed by atoms with Gasteiger partial charge < -0.3 is 15.0 Å². The Bertz CT molecular complexity index is 346.